The largest absolute Gasteiger partial charge is 0.307 e. The Labute approximate surface area is 115 Å². The molecule has 1 heterocycles. The van der Waals surface area contributed by atoms with E-state index in [4.69, 9.17) is 11.6 Å². The van der Waals surface area contributed by atoms with E-state index in [1.54, 1.807) is 17.4 Å². The first-order valence-corrected chi connectivity index (χ1v) is 6.78. The predicted molar refractivity (Wildman–Crippen MR) is 73.9 cm³/mol. The molecule has 0 aliphatic heterocycles. The van der Waals surface area contributed by atoms with Gasteiger partial charge >= 0.3 is 0 Å². The van der Waals surface area contributed by atoms with E-state index in [9.17, 15) is 4.39 Å². The quantitative estimate of drug-likeness (QED) is 0.926. The molecule has 0 spiro atoms. The highest BCUT2D eigenvalue weighted by molar-refractivity contribution is 7.11. The van der Waals surface area contributed by atoms with Crippen LogP contribution in [0.3, 0.4) is 0 Å². The van der Waals surface area contributed by atoms with Crippen molar-refractivity contribution < 1.29 is 4.39 Å². The standard InChI is InChI=1S/C13H14ClFN2S/c1-7-8(2)18-13(17-7)12(16-3)9-4-10(14)6-11(15)5-9/h4-6,12,16H,1-3H3. The minimum Gasteiger partial charge on any atom is -0.307 e. The Bertz CT molecular complexity index is 528. The van der Waals surface area contributed by atoms with Crippen LogP contribution in [0.1, 0.15) is 27.2 Å². The van der Waals surface area contributed by atoms with E-state index in [0.29, 0.717) is 5.02 Å². The molecule has 0 amide bonds. The first kappa shape index (κ1) is 13.5. The number of nitrogens with one attached hydrogen (secondary N) is 1. The number of aromatic nitrogens is 1. The van der Waals surface area contributed by atoms with Gasteiger partial charge in [-0.15, -0.1) is 11.3 Å². The number of halogens is 2. The van der Waals surface area contributed by atoms with E-state index in [1.165, 1.54) is 17.0 Å². The molecule has 2 rings (SSSR count). The van der Waals surface area contributed by atoms with Crippen molar-refractivity contribution in [2.45, 2.75) is 19.9 Å². The highest BCUT2D eigenvalue weighted by Crippen LogP contribution is 2.29. The van der Waals surface area contributed by atoms with Crippen LogP contribution in [0.4, 0.5) is 4.39 Å². The topological polar surface area (TPSA) is 24.9 Å². The van der Waals surface area contributed by atoms with Crippen LogP contribution in [0.25, 0.3) is 0 Å². The van der Waals surface area contributed by atoms with Gasteiger partial charge in [0.05, 0.1) is 11.7 Å². The fourth-order valence-electron chi connectivity index (χ4n) is 1.80. The number of benzene rings is 1. The number of thiazole rings is 1. The maximum atomic E-state index is 13.4. The fraction of sp³-hybridized carbons (Fsp3) is 0.308. The van der Waals surface area contributed by atoms with Crippen molar-refractivity contribution in [3.8, 4) is 0 Å². The van der Waals surface area contributed by atoms with Gasteiger partial charge in [-0.2, -0.15) is 0 Å². The lowest BCUT2D eigenvalue weighted by Gasteiger charge is -2.14. The molecule has 96 valence electrons. The highest BCUT2D eigenvalue weighted by Gasteiger charge is 2.18. The molecule has 0 aliphatic carbocycles. The van der Waals surface area contributed by atoms with Crippen molar-refractivity contribution in [3.05, 3.63) is 50.2 Å². The van der Waals surface area contributed by atoms with E-state index >= 15 is 0 Å². The van der Waals surface area contributed by atoms with Crippen LogP contribution in [-0.2, 0) is 0 Å². The van der Waals surface area contributed by atoms with Crippen LogP contribution in [0, 0.1) is 19.7 Å². The predicted octanol–water partition coefficient (Wildman–Crippen LogP) is 3.86. The van der Waals surface area contributed by atoms with Gasteiger partial charge in [0, 0.05) is 9.90 Å². The lowest BCUT2D eigenvalue weighted by molar-refractivity contribution is 0.616. The molecule has 1 aromatic carbocycles. The molecule has 18 heavy (non-hydrogen) atoms. The van der Waals surface area contributed by atoms with Gasteiger partial charge in [-0.1, -0.05) is 11.6 Å². The molecule has 0 saturated heterocycles. The monoisotopic (exact) mass is 284 g/mol. The van der Waals surface area contributed by atoms with Crippen LogP contribution >= 0.6 is 22.9 Å². The second-order valence-electron chi connectivity index (χ2n) is 4.12. The van der Waals surface area contributed by atoms with Gasteiger partial charge in [-0.25, -0.2) is 9.37 Å². The lowest BCUT2D eigenvalue weighted by Crippen LogP contribution is -2.17. The number of hydrogen-bond acceptors (Lipinski definition) is 3. The molecular weight excluding hydrogens is 271 g/mol. The summed E-state index contributed by atoms with van der Waals surface area (Å²) in [5, 5.41) is 4.48. The molecule has 0 saturated carbocycles. The average Bonchev–Trinajstić information content (AvgIpc) is 2.58. The van der Waals surface area contributed by atoms with Crippen molar-refractivity contribution in [1.82, 2.24) is 10.3 Å². The molecule has 2 nitrogen and oxygen atoms in total. The molecule has 0 radical (unpaired) electrons. The summed E-state index contributed by atoms with van der Waals surface area (Å²) in [5.41, 5.74) is 1.80. The minimum atomic E-state index is -0.331. The number of rotatable bonds is 3. The van der Waals surface area contributed by atoms with Crippen molar-refractivity contribution in [2.24, 2.45) is 0 Å². The fourth-order valence-corrected chi connectivity index (χ4v) is 3.09. The Morgan fingerprint density at radius 1 is 1.33 bits per heavy atom. The molecular formula is C13H14ClFN2S. The van der Waals surface area contributed by atoms with E-state index < -0.39 is 0 Å². The molecule has 1 N–H and O–H groups in total. The first-order valence-electron chi connectivity index (χ1n) is 5.58. The molecule has 0 fully saturated rings. The Hall–Kier alpha value is -0.970. The molecule has 0 aliphatic rings. The van der Waals surface area contributed by atoms with Crippen molar-refractivity contribution >= 4 is 22.9 Å². The van der Waals surface area contributed by atoms with Crippen LogP contribution in [0.2, 0.25) is 5.02 Å². The Kier molecular flexibility index (Phi) is 4.00. The van der Waals surface area contributed by atoms with Gasteiger partial charge in [-0.3, -0.25) is 0 Å². The van der Waals surface area contributed by atoms with Crippen LogP contribution in [-0.4, -0.2) is 12.0 Å². The maximum Gasteiger partial charge on any atom is 0.125 e. The van der Waals surface area contributed by atoms with Crippen LogP contribution in [0.5, 0.6) is 0 Å². The van der Waals surface area contributed by atoms with Gasteiger partial charge < -0.3 is 5.32 Å². The van der Waals surface area contributed by atoms with Crippen molar-refractivity contribution in [1.29, 1.82) is 0 Å². The van der Waals surface area contributed by atoms with Gasteiger partial charge in [0.2, 0.25) is 0 Å². The zero-order chi connectivity index (χ0) is 13.3. The zero-order valence-corrected chi connectivity index (χ0v) is 12.0. The Morgan fingerprint density at radius 2 is 2.06 bits per heavy atom. The third kappa shape index (κ3) is 2.71. The molecule has 1 unspecified atom stereocenters. The molecule has 2 aromatic rings. The Balaban J connectivity index is 2.44. The van der Waals surface area contributed by atoms with Gasteiger partial charge in [-0.05, 0) is 44.7 Å². The van der Waals surface area contributed by atoms with E-state index in [1.807, 2.05) is 20.9 Å². The Morgan fingerprint density at radius 3 is 2.56 bits per heavy atom. The van der Waals surface area contributed by atoms with E-state index in [2.05, 4.69) is 10.3 Å². The average molecular weight is 285 g/mol. The van der Waals surface area contributed by atoms with E-state index in [0.717, 1.165) is 16.3 Å². The van der Waals surface area contributed by atoms with Crippen LogP contribution in [0.15, 0.2) is 18.2 Å². The lowest BCUT2D eigenvalue weighted by atomic mass is 10.1. The summed E-state index contributed by atoms with van der Waals surface area (Å²) in [7, 11) is 1.83. The van der Waals surface area contributed by atoms with Crippen molar-refractivity contribution in [3.63, 3.8) is 0 Å². The van der Waals surface area contributed by atoms with Gasteiger partial charge in [0.15, 0.2) is 0 Å². The smallest absolute Gasteiger partial charge is 0.125 e. The maximum absolute atomic E-state index is 13.4. The van der Waals surface area contributed by atoms with Gasteiger partial charge in [0.1, 0.15) is 10.8 Å². The summed E-state index contributed by atoms with van der Waals surface area (Å²) in [6, 6.07) is 4.42. The third-order valence-electron chi connectivity index (χ3n) is 2.80. The third-order valence-corrected chi connectivity index (χ3v) is 4.15. The van der Waals surface area contributed by atoms with E-state index in [-0.39, 0.29) is 11.9 Å². The molecule has 5 heteroatoms. The summed E-state index contributed by atoms with van der Waals surface area (Å²) in [5.74, 6) is -0.331. The molecule has 1 atom stereocenters. The summed E-state index contributed by atoms with van der Waals surface area (Å²) >= 11 is 7.50. The zero-order valence-electron chi connectivity index (χ0n) is 10.4. The van der Waals surface area contributed by atoms with Crippen molar-refractivity contribution in [2.75, 3.05) is 7.05 Å². The van der Waals surface area contributed by atoms with Gasteiger partial charge in [0.25, 0.3) is 0 Å². The summed E-state index contributed by atoms with van der Waals surface area (Å²) < 4.78 is 13.4. The molecule has 1 aromatic heterocycles. The number of hydrogen-bond donors (Lipinski definition) is 1. The second-order valence-corrected chi connectivity index (χ2v) is 5.79. The SMILES string of the molecule is CNC(c1cc(F)cc(Cl)c1)c1nc(C)c(C)s1. The highest BCUT2D eigenvalue weighted by atomic mass is 35.5. The summed E-state index contributed by atoms with van der Waals surface area (Å²) in [4.78, 5) is 5.68. The number of aryl methyl sites for hydroxylation is 2. The molecule has 0 bridgehead atoms. The number of nitrogens with zero attached hydrogens (tertiary/aromatic N) is 1. The van der Waals surface area contributed by atoms with Crippen LogP contribution < -0.4 is 5.32 Å². The second kappa shape index (κ2) is 5.34. The summed E-state index contributed by atoms with van der Waals surface area (Å²) in [6.07, 6.45) is 0. The first-order chi connectivity index (χ1) is 8.51. The minimum absolute atomic E-state index is 0.129. The summed E-state index contributed by atoms with van der Waals surface area (Å²) in [6.45, 7) is 4.00. The normalized spacial score (nSPS) is 12.7.